The predicted molar refractivity (Wildman–Crippen MR) is 79.4 cm³/mol. The number of aryl methyl sites for hydroxylation is 1. The molecule has 1 rings (SSSR count). The van der Waals surface area contributed by atoms with Crippen molar-refractivity contribution in [3.8, 4) is 0 Å². The summed E-state index contributed by atoms with van der Waals surface area (Å²) in [7, 11) is 0. The summed E-state index contributed by atoms with van der Waals surface area (Å²) >= 11 is 2.08. The second kappa shape index (κ2) is 5.50. The third-order valence-corrected chi connectivity index (χ3v) is 3.58. The van der Waals surface area contributed by atoms with E-state index in [0.717, 1.165) is 24.4 Å². The van der Waals surface area contributed by atoms with Crippen molar-refractivity contribution in [3.05, 3.63) is 25.4 Å². The number of hydrogen-bond donors (Lipinski definition) is 1. The maximum Gasteiger partial charge on any atom is 0.264 e. The summed E-state index contributed by atoms with van der Waals surface area (Å²) in [6.07, 6.45) is 1.89. The minimum Gasteiger partial charge on any atom is -0.310 e. The number of hydrogen-bond acceptors (Lipinski definition) is 2. The number of nitrogens with one attached hydrogen (secondary N) is 1. The highest BCUT2D eigenvalue weighted by Gasteiger charge is 2.21. The Morgan fingerprint density at radius 1 is 1.35 bits per heavy atom. The van der Waals surface area contributed by atoms with Gasteiger partial charge in [0.25, 0.3) is 5.56 Å². The van der Waals surface area contributed by atoms with Gasteiger partial charge in [-0.15, -0.1) is 0 Å². The first kappa shape index (κ1) is 14.7. The molecule has 0 bridgehead atoms. The Hall–Kier alpha value is -0.390. The molecule has 0 aliphatic heterocycles. The molecule has 1 N–H and O–H groups in total. The van der Waals surface area contributed by atoms with E-state index in [1.54, 1.807) is 0 Å². The van der Waals surface area contributed by atoms with Crippen molar-refractivity contribution < 1.29 is 0 Å². The third kappa shape index (κ3) is 4.08. The smallest absolute Gasteiger partial charge is 0.264 e. The molecule has 0 aliphatic carbocycles. The minimum absolute atomic E-state index is 0.00992. The van der Waals surface area contributed by atoms with Gasteiger partial charge < -0.3 is 4.98 Å². The normalized spacial score (nSPS) is 12.2. The van der Waals surface area contributed by atoms with Crippen LogP contribution in [0.15, 0.2) is 4.79 Å². The van der Waals surface area contributed by atoms with Crippen molar-refractivity contribution >= 4 is 22.6 Å². The standard InChI is InChI=1S/C13H21IN2O/c1-8(2)6-7-9-15-11(13(3,4)5)10(14)12(17)16-9/h8H,6-7H2,1-5H3,(H,15,16,17). The van der Waals surface area contributed by atoms with Gasteiger partial charge in [-0.1, -0.05) is 34.6 Å². The summed E-state index contributed by atoms with van der Waals surface area (Å²) < 4.78 is 0.711. The summed E-state index contributed by atoms with van der Waals surface area (Å²) in [5, 5.41) is 0. The van der Waals surface area contributed by atoms with E-state index < -0.39 is 0 Å². The Morgan fingerprint density at radius 3 is 2.41 bits per heavy atom. The topological polar surface area (TPSA) is 45.8 Å². The second-order valence-electron chi connectivity index (χ2n) is 5.86. The van der Waals surface area contributed by atoms with Gasteiger partial charge in [0.15, 0.2) is 0 Å². The highest BCUT2D eigenvalue weighted by atomic mass is 127. The fourth-order valence-corrected chi connectivity index (χ4v) is 2.61. The average Bonchev–Trinajstić information content (AvgIpc) is 2.17. The molecule has 0 aromatic carbocycles. The fraction of sp³-hybridized carbons (Fsp3) is 0.692. The quantitative estimate of drug-likeness (QED) is 0.853. The Balaban J connectivity index is 3.11. The molecule has 0 fully saturated rings. The van der Waals surface area contributed by atoms with Crippen LogP contribution in [0.3, 0.4) is 0 Å². The van der Waals surface area contributed by atoms with Crippen molar-refractivity contribution in [1.29, 1.82) is 0 Å². The van der Waals surface area contributed by atoms with Crippen LogP contribution in [0.25, 0.3) is 0 Å². The highest BCUT2D eigenvalue weighted by molar-refractivity contribution is 14.1. The molecular formula is C13H21IN2O. The molecule has 0 unspecified atom stereocenters. The summed E-state index contributed by atoms with van der Waals surface area (Å²) in [5.74, 6) is 1.44. The van der Waals surface area contributed by atoms with E-state index >= 15 is 0 Å². The molecule has 3 nitrogen and oxygen atoms in total. The second-order valence-corrected chi connectivity index (χ2v) is 6.94. The zero-order chi connectivity index (χ0) is 13.2. The first-order chi connectivity index (χ1) is 7.71. The molecule has 0 atom stereocenters. The number of halogens is 1. The van der Waals surface area contributed by atoms with Crippen molar-refractivity contribution in [1.82, 2.24) is 9.97 Å². The molecule has 17 heavy (non-hydrogen) atoms. The van der Waals surface area contributed by atoms with Crippen LogP contribution < -0.4 is 5.56 Å². The summed E-state index contributed by atoms with van der Waals surface area (Å²) in [4.78, 5) is 19.3. The molecular weight excluding hydrogens is 327 g/mol. The van der Waals surface area contributed by atoms with Gasteiger partial charge in [0, 0.05) is 11.8 Å². The summed E-state index contributed by atoms with van der Waals surface area (Å²) in [6.45, 7) is 10.6. The molecule has 0 aliphatic rings. The zero-order valence-corrected chi connectivity index (χ0v) is 13.4. The first-order valence-electron chi connectivity index (χ1n) is 6.01. The van der Waals surface area contributed by atoms with Crippen molar-refractivity contribution in [2.75, 3.05) is 0 Å². The third-order valence-electron chi connectivity index (χ3n) is 2.58. The summed E-state index contributed by atoms with van der Waals surface area (Å²) in [5.41, 5.74) is 0.807. The van der Waals surface area contributed by atoms with Crippen LogP contribution in [0.2, 0.25) is 0 Å². The predicted octanol–water partition coefficient (Wildman–Crippen LogP) is 3.26. The molecule has 0 saturated carbocycles. The van der Waals surface area contributed by atoms with Gasteiger partial charge in [0.1, 0.15) is 9.39 Å². The molecule has 0 amide bonds. The lowest BCUT2D eigenvalue weighted by Gasteiger charge is -2.19. The molecule has 0 saturated heterocycles. The summed E-state index contributed by atoms with van der Waals surface area (Å²) in [6, 6.07) is 0. The molecule has 0 spiro atoms. The Bertz CT molecular complexity index is 444. The number of rotatable bonds is 3. The minimum atomic E-state index is -0.0859. The van der Waals surface area contributed by atoms with Crippen molar-refractivity contribution in [2.45, 2.75) is 52.9 Å². The van der Waals surface area contributed by atoms with Gasteiger partial charge in [-0.2, -0.15) is 0 Å². The first-order valence-corrected chi connectivity index (χ1v) is 7.09. The molecule has 0 radical (unpaired) electrons. The van der Waals surface area contributed by atoms with Crippen LogP contribution in [0.1, 0.15) is 52.6 Å². The SMILES string of the molecule is CC(C)CCc1nc(C(C)(C)C)c(I)c(=O)[nH]1. The average molecular weight is 348 g/mol. The van der Waals surface area contributed by atoms with Gasteiger partial charge >= 0.3 is 0 Å². The molecule has 96 valence electrons. The van der Waals surface area contributed by atoms with E-state index in [1.165, 1.54) is 0 Å². The van der Waals surface area contributed by atoms with Crippen LogP contribution in [0.5, 0.6) is 0 Å². The van der Waals surface area contributed by atoms with Gasteiger partial charge in [0.05, 0.1) is 5.69 Å². The molecule has 1 aromatic heterocycles. The monoisotopic (exact) mass is 348 g/mol. The largest absolute Gasteiger partial charge is 0.310 e. The molecule has 4 heteroatoms. The van der Waals surface area contributed by atoms with Crippen molar-refractivity contribution in [2.24, 2.45) is 5.92 Å². The number of H-pyrrole nitrogens is 1. The van der Waals surface area contributed by atoms with E-state index in [1.807, 2.05) is 0 Å². The molecule has 1 heterocycles. The Morgan fingerprint density at radius 2 is 1.94 bits per heavy atom. The van der Waals surface area contributed by atoms with E-state index in [9.17, 15) is 4.79 Å². The maximum atomic E-state index is 11.8. The van der Waals surface area contributed by atoms with Gasteiger partial charge in [-0.3, -0.25) is 4.79 Å². The number of nitrogens with zero attached hydrogens (tertiary/aromatic N) is 1. The zero-order valence-electron chi connectivity index (χ0n) is 11.2. The number of aromatic amines is 1. The van der Waals surface area contributed by atoms with Crippen LogP contribution in [0, 0.1) is 9.49 Å². The lowest BCUT2D eigenvalue weighted by molar-refractivity contribution is 0.540. The lowest BCUT2D eigenvalue weighted by atomic mass is 9.92. The van der Waals surface area contributed by atoms with Crippen LogP contribution >= 0.6 is 22.6 Å². The van der Waals surface area contributed by atoms with Gasteiger partial charge in [-0.05, 0) is 34.9 Å². The maximum absolute atomic E-state index is 11.8. The Labute approximate surface area is 117 Å². The fourth-order valence-electron chi connectivity index (χ4n) is 1.55. The van der Waals surface area contributed by atoms with Gasteiger partial charge in [-0.25, -0.2) is 4.98 Å². The van der Waals surface area contributed by atoms with Crippen LogP contribution in [-0.2, 0) is 11.8 Å². The van der Waals surface area contributed by atoms with E-state index in [4.69, 9.17) is 0 Å². The van der Waals surface area contributed by atoms with E-state index in [0.29, 0.717) is 9.49 Å². The van der Waals surface area contributed by atoms with Gasteiger partial charge in [0.2, 0.25) is 0 Å². The lowest BCUT2D eigenvalue weighted by Crippen LogP contribution is -2.25. The van der Waals surface area contributed by atoms with Crippen LogP contribution in [0.4, 0.5) is 0 Å². The van der Waals surface area contributed by atoms with E-state index in [-0.39, 0.29) is 11.0 Å². The molecule has 1 aromatic rings. The number of aromatic nitrogens is 2. The highest BCUT2D eigenvalue weighted by Crippen LogP contribution is 2.23. The Kier molecular flexibility index (Phi) is 4.75. The van der Waals surface area contributed by atoms with Crippen LogP contribution in [-0.4, -0.2) is 9.97 Å². The van der Waals surface area contributed by atoms with E-state index in [2.05, 4.69) is 67.2 Å². The van der Waals surface area contributed by atoms with Crippen molar-refractivity contribution in [3.63, 3.8) is 0 Å².